The SMILES string of the molecule is CC[C@H](NC(=O)c1ccncc1)c1ccc(Br)s1. The van der Waals surface area contributed by atoms with Gasteiger partial charge in [-0.1, -0.05) is 6.92 Å². The molecule has 94 valence electrons. The van der Waals surface area contributed by atoms with Gasteiger partial charge in [0.2, 0.25) is 0 Å². The first-order valence-electron chi connectivity index (χ1n) is 5.67. The molecular weight excluding hydrogens is 312 g/mol. The third-order valence-corrected chi connectivity index (χ3v) is 4.33. The lowest BCUT2D eigenvalue weighted by Crippen LogP contribution is -2.27. The van der Waals surface area contributed by atoms with Gasteiger partial charge in [-0.2, -0.15) is 0 Å². The number of carbonyl (C=O) groups excluding carboxylic acids is 1. The molecule has 5 heteroatoms. The monoisotopic (exact) mass is 324 g/mol. The highest BCUT2D eigenvalue weighted by Gasteiger charge is 2.15. The van der Waals surface area contributed by atoms with E-state index in [1.165, 1.54) is 0 Å². The number of pyridine rings is 1. The molecule has 0 radical (unpaired) electrons. The van der Waals surface area contributed by atoms with Crippen LogP contribution in [0.15, 0.2) is 40.4 Å². The molecule has 2 aromatic rings. The number of nitrogens with one attached hydrogen (secondary N) is 1. The second kappa shape index (κ2) is 6.11. The third-order valence-electron chi connectivity index (χ3n) is 2.59. The van der Waals surface area contributed by atoms with E-state index in [0.717, 1.165) is 15.1 Å². The maximum Gasteiger partial charge on any atom is 0.251 e. The van der Waals surface area contributed by atoms with Crippen LogP contribution in [0, 0.1) is 0 Å². The Hall–Kier alpha value is -1.20. The standard InChI is InChI=1S/C13H13BrN2OS/c1-2-10(11-3-4-12(14)18-11)16-13(17)9-5-7-15-8-6-9/h3-8,10H,2H2,1H3,(H,16,17)/t10-/m0/s1. The summed E-state index contributed by atoms with van der Waals surface area (Å²) in [5.41, 5.74) is 0.638. The number of carbonyl (C=O) groups is 1. The van der Waals surface area contributed by atoms with E-state index < -0.39 is 0 Å². The fourth-order valence-electron chi connectivity index (χ4n) is 1.63. The molecule has 0 bridgehead atoms. The lowest BCUT2D eigenvalue weighted by molar-refractivity contribution is 0.0936. The molecule has 0 aliphatic rings. The minimum absolute atomic E-state index is 0.0574. The summed E-state index contributed by atoms with van der Waals surface area (Å²) in [6, 6.07) is 7.53. The van der Waals surface area contributed by atoms with Crippen molar-refractivity contribution in [2.75, 3.05) is 0 Å². The molecule has 0 saturated carbocycles. The van der Waals surface area contributed by atoms with Crippen LogP contribution in [0.1, 0.15) is 34.6 Å². The summed E-state index contributed by atoms with van der Waals surface area (Å²) in [7, 11) is 0. The van der Waals surface area contributed by atoms with Crippen molar-refractivity contribution in [2.24, 2.45) is 0 Å². The summed E-state index contributed by atoms with van der Waals surface area (Å²) >= 11 is 5.09. The zero-order valence-electron chi connectivity index (χ0n) is 9.89. The van der Waals surface area contributed by atoms with E-state index in [9.17, 15) is 4.79 Å². The van der Waals surface area contributed by atoms with Gasteiger partial charge in [0.1, 0.15) is 0 Å². The van der Waals surface area contributed by atoms with Crippen molar-refractivity contribution in [1.82, 2.24) is 10.3 Å². The van der Waals surface area contributed by atoms with Crippen LogP contribution in [0.2, 0.25) is 0 Å². The maximum atomic E-state index is 12.0. The molecule has 0 aliphatic carbocycles. The van der Waals surface area contributed by atoms with Crippen molar-refractivity contribution in [3.8, 4) is 0 Å². The number of rotatable bonds is 4. The lowest BCUT2D eigenvalue weighted by atomic mass is 10.1. The van der Waals surface area contributed by atoms with Gasteiger partial charge in [0.25, 0.3) is 5.91 Å². The minimum Gasteiger partial charge on any atom is -0.344 e. The zero-order valence-corrected chi connectivity index (χ0v) is 12.3. The normalized spacial score (nSPS) is 12.1. The summed E-state index contributed by atoms with van der Waals surface area (Å²) in [5, 5.41) is 3.04. The van der Waals surface area contributed by atoms with Crippen molar-refractivity contribution in [2.45, 2.75) is 19.4 Å². The van der Waals surface area contributed by atoms with Gasteiger partial charge in [-0.3, -0.25) is 9.78 Å². The Morgan fingerprint density at radius 1 is 1.39 bits per heavy atom. The van der Waals surface area contributed by atoms with E-state index in [2.05, 4.69) is 33.2 Å². The first kappa shape index (κ1) is 13.2. The molecule has 2 heterocycles. The second-order valence-corrected chi connectivity index (χ2v) is 6.31. The van der Waals surface area contributed by atoms with Crippen LogP contribution < -0.4 is 5.32 Å². The molecule has 0 spiro atoms. The molecule has 0 aliphatic heterocycles. The highest BCUT2D eigenvalue weighted by atomic mass is 79.9. The molecule has 1 amide bonds. The van der Waals surface area contributed by atoms with Crippen LogP contribution in [0.25, 0.3) is 0 Å². The molecule has 1 atom stereocenters. The van der Waals surface area contributed by atoms with Crippen molar-refractivity contribution >= 4 is 33.2 Å². The maximum absolute atomic E-state index is 12.0. The molecule has 0 unspecified atom stereocenters. The Morgan fingerprint density at radius 3 is 2.67 bits per heavy atom. The van der Waals surface area contributed by atoms with Gasteiger partial charge >= 0.3 is 0 Å². The lowest BCUT2D eigenvalue weighted by Gasteiger charge is -2.15. The average molecular weight is 325 g/mol. The average Bonchev–Trinajstić information content (AvgIpc) is 2.83. The minimum atomic E-state index is -0.0613. The van der Waals surface area contributed by atoms with Crippen LogP contribution in [0.3, 0.4) is 0 Å². The molecule has 2 aromatic heterocycles. The summed E-state index contributed by atoms with van der Waals surface area (Å²) in [5.74, 6) is -0.0613. The number of aromatic nitrogens is 1. The van der Waals surface area contributed by atoms with Crippen molar-refractivity contribution in [1.29, 1.82) is 0 Å². The van der Waals surface area contributed by atoms with E-state index in [1.807, 2.05) is 12.1 Å². The van der Waals surface area contributed by atoms with Gasteiger partial charge in [-0.05, 0) is 46.6 Å². The van der Waals surface area contributed by atoms with E-state index >= 15 is 0 Å². The number of nitrogens with zero attached hydrogens (tertiary/aromatic N) is 1. The van der Waals surface area contributed by atoms with Crippen molar-refractivity contribution in [3.05, 3.63) is 50.9 Å². The van der Waals surface area contributed by atoms with Crippen LogP contribution in [0.5, 0.6) is 0 Å². The summed E-state index contributed by atoms with van der Waals surface area (Å²) in [6.45, 7) is 2.06. The summed E-state index contributed by atoms with van der Waals surface area (Å²) < 4.78 is 1.08. The second-order valence-electron chi connectivity index (χ2n) is 3.81. The van der Waals surface area contributed by atoms with Gasteiger partial charge in [0, 0.05) is 22.8 Å². The van der Waals surface area contributed by atoms with Crippen molar-refractivity contribution in [3.63, 3.8) is 0 Å². The summed E-state index contributed by atoms with van der Waals surface area (Å²) in [6.07, 6.45) is 4.11. The van der Waals surface area contributed by atoms with Gasteiger partial charge in [0.05, 0.1) is 9.83 Å². The molecule has 18 heavy (non-hydrogen) atoms. The predicted octanol–water partition coefficient (Wildman–Crippen LogP) is 3.79. The van der Waals surface area contributed by atoms with Crippen LogP contribution in [-0.2, 0) is 0 Å². The number of hydrogen-bond donors (Lipinski definition) is 1. The molecule has 2 rings (SSSR count). The van der Waals surface area contributed by atoms with E-state index in [1.54, 1.807) is 35.9 Å². The first-order valence-corrected chi connectivity index (χ1v) is 7.27. The molecule has 3 nitrogen and oxygen atoms in total. The highest BCUT2D eigenvalue weighted by Crippen LogP contribution is 2.29. The molecule has 0 fully saturated rings. The predicted molar refractivity (Wildman–Crippen MR) is 76.8 cm³/mol. The number of hydrogen-bond acceptors (Lipinski definition) is 3. The molecule has 1 N–H and O–H groups in total. The Balaban J connectivity index is 2.10. The molecule has 0 saturated heterocycles. The largest absolute Gasteiger partial charge is 0.344 e. The smallest absolute Gasteiger partial charge is 0.251 e. The van der Waals surface area contributed by atoms with Gasteiger partial charge in [0.15, 0.2) is 0 Å². The fourth-order valence-corrected chi connectivity index (χ4v) is 3.19. The third kappa shape index (κ3) is 3.17. The Morgan fingerprint density at radius 2 is 2.11 bits per heavy atom. The van der Waals surface area contributed by atoms with Gasteiger partial charge in [-0.25, -0.2) is 0 Å². The Labute approximate surface area is 118 Å². The van der Waals surface area contributed by atoms with E-state index in [-0.39, 0.29) is 11.9 Å². The van der Waals surface area contributed by atoms with Gasteiger partial charge in [-0.15, -0.1) is 11.3 Å². The zero-order chi connectivity index (χ0) is 13.0. The number of amides is 1. The van der Waals surface area contributed by atoms with Crippen LogP contribution >= 0.6 is 27.3 Å². The Bertz CT molecular complexity index is 527. The first-order chi connectivity index (χ1) is 8.70. The van der Waals surface area contributed by atoms with Crippen molar-refractivity contribution < 1.29 is 4.79 Å². The summed E-state index contributed by atoms with van der Waals surface area (Å²) in [4.78, 5) is 17.1. The Kier molecular flexibility index (Phi) is 4.49. The quantitative estimate of drug-likeness (QED) is 0.929. The number of thiophene rings is 1. The van der Waals surface area contributed by atoms with Crippen LogP contribution in [0.4, 0.5) is 0 Å². The van der Waals surface area contributed by atoms with Gasteiger partial charge < -0.3 is 5.32 Å². The highest BCUT2D eigenvalue weighted by molar-refractivity contribution is 9.11. The molecular formula is C13H13BrN2OS. The topological polar surface area (TPSA) is 42.0 Å². The fraction of sp³-hybridized carbons (Fsp3) is 0.231. The van der Waals surface area contributed by atoms with E-state index in [0.29, 0.717) is 5.56 Å². The number of halogens is 1. The molecule has 0 aromatic carbocycles. The van der Waals surface area contributed by atoms with Crippen LogP contribution in [-0.4, -0.2) is 10.9 Å². The van der Waals surface area contributed by atoms with E-state index in [4.69, 9.17) is 0 Å².